The molecule has 11 heavy (non-hydrogen) atoms. The van der Waals surface area contributed by atoms with E-state index in [-0.39, 0.29) is 6.04 Å². The van der Waals surface area contributed by atoms with Crippen molar-refractivity contribution in [3.63, 3.8) is 0 Å². The second-order valence-corrected chi connectivity index (χ2v) is 3.75. The van der Waals surface area contributed by atoms with E-state index in [1.807, 2.05) is 11.3 Å². The second kappa shape index (κ2) is 3.85. The average molecular weight is 170 g/mol. The fourth-order valence-electron chi connectivity index (χ4n) is 0.899. The molecular weight excluding hydrogens is 156 g/mol. The molecule has 0 aliphatic carbocycles. The zero-order valence-electron chi connectivity index (χ0n) is 6.92. The molecule has 0 spiro atoms. The minimum Gasteiger partial charge on any atom is -0.271 e. The number of rotatable bonds is 3. The minimum atomic E-state index is 0.278. The molecule has 1 aromatic rings. The molecule has 62 valence electrons. The van der Waals surface area contributed by atoms with Crippen LogP contribution >= 0.6 is 11.3 Å². The van der Waals surface area contributed by atoms with Crippen molar-refractivity contribution in [1.29, 1.82) is 0 Å². The van der Waals surface area contributed by atoms with Gasteiger partial charge in [0.1, 0.15) is 0 Å². The van der Waals surface area contributed by atoms with Gasteiger partial charge in [-0.15, -0.1) is 11.3 Å². The van der Waals surface area contributed by atoms with Crippen LogP contribution in [0.15, 0.2) is 12.1 Å². The van der Waals surface area contributed by atoms with Crippen LogP contribution in [0.3, 0.4) is 0 Å². The first kappa shape index (κ1) is 8.71. The summed E-state index contributed by atoms with van der Waals surface area (Å²) in [6.45, 7) is 4.22. The van der Waals surface area contributed by atoms with Crippen LogP contribution < -0.4 is 11.3 Å². The Hall–Kier alpha value is -0.380. The highest BCUT2D eigenvalue weighted by Crippen LogP contribution is 2.22. The molecule has 3 N–H and O–H groups in total. The van der Waals surface area contributed by atoms with Gasteiger partial charge in [0.25, 0.3) is 0 Å². The van der Waals surface area contributed by atoms with Crippen molar-refractivity contribution >= 4 is 11.3 Å². The van der Waals surface area contributed by atoms with Crippen LogP contribution in [0.25, 0.3) is 0 Å². The monoisotopic (exact) mass is 170 g/mol. The molecule has 2 nitrogen and oxygen atoms in total. The smallest absolute Gasteiger partial charge is 0.0525 e. The van der Waals surface area contributed by atoms with E-state index in [4.69, 9.17) is 5.84 Å². The largest absolute Gasteiger partial charge is 0.271 e. The van der Waals surface area contributed by atoms with Crippen molar-refractivity contribution in [3.8, 4) is 0 Å². The van der Waals surface area contributed by atoms with Gasteiger partial charge in [0, 0.05) is 9.75 Å². The maximum Gasteiger partial charge on any atom is 0.0525 e. The molecular formula is C8H14N2S. The number of nitrogens with two attached hydrogens (primary N) is 1. The molecule has 0 fully saturated rings. The highest BCUT2D eigenvalue weighted by atomic mass is 32.1. The van der Waals surface area contributed by atoms with Gasteiger partial charge in [-0.3, -0.25) is 11.3 Å². The lowest BCUT2D eigenvalue weighted by molar-refractivity contribution is 0.612. The summed E-state index contributed by atoms with van der Waals surface area (Å²) in [5.74, 6) is 5.31. The summed E-state index contributed by atoms with van der Waals surface area (Å²) in [4.78, 5) is 2.73. The van der Waals surface area contributed by atoms with E-state index in [2.05, 4.69) is 31.4 Å². The van der Waals surface area contributed by atoms with Gasteiger partial charge in [-0.25, -0.2) is 0 Å². The first-order valence-electron chi connectivity index (χ1n) is 3.82. The molecule has 0 aliphatic heterocycles. The fraction of sp³-hybridized carbons (Fsp3) is 0.500. The molecule has 0 aliphatic rings. The number of hydrazine groups is 1. The van der Waals surface area contributed by atoms with Crippen molar-refractivity contribution in [1.82, 2.24) is 5.43 Å². The van der Waals surface area contributed by atoms with E-state index in [0.717, 1.165) is 6.42 Å². The molecule has 3 heteroatoms. The van der Waals surface area contributed by atoms with Gasteiger partial charge in [-0.2, -0.15) is 0 Å². The topological polar surface area (TPSA) is 38.0 Å². The quantitative estimate of drug-likeness (QED) is 0.536. The molecule has 0 amide bonds. The van der Waals surface area contributed by atoms with Crippen LogP contribution in [0.4, 0.5) is 0 Å². The molecule has 1 rings (SSSR count). The van der Waals surface area contributed by atoms with Crippen molar-refractivity contribution < 1.29 is 0 Å². The third-order valence-corrected chi connectivity index (χ3v) is 3.12. The standard InChI is InChI=1S/C8H14N2S/c1-3-7-4-5-8(11-7)6(2)10-9/h4-6,10H,3,9H2,1-2H3. The van der Waals surface area contributed by atoms with Crippen LogP contribution in [0.5, 0.6) is 0 Å². The molecule has 0 radical (unpaired) electrons. The minimum absolute atomic E-state index is 0.278. The Kier molecular flexibility index (Phi) is 3.05. The lowest BCUT2D eigenvalue weighted by atomic mass is 10.3. The maximum absolute atomic E-state index is 5.31. The first-order chi connectivity index (χ1) is 5.27. The van der Waals surface area contributed by atoms with Crippen LogP contribution in [-0.2, 0) is 6.42 Å². The van der Waals surface area contributed by atoms with E-state index in [9.17, 15) is 0 Å². The highest BCUT2D eigenvalue weighted by molar-refractivity contribution is 7.12. The SMILES string of the molecule is CCc1ccc(C(C)NN)s1. The van der Waals surface area contributed by atoms with Crippen LogP contribution in [-0.4, -0.2) is 0 Å². The normalized spacial score (nSPS) is 13.4. The predicted molar refractivity (Wildman–Crippen MR) is 49.4 cm³/mol. The molecule has 0 aromatic carbocycles. The Balaban J connectivity index is 2.71. The number of nitrogens with one attached hydrogen (secondary N) is 1. The Morgan fingerprint density at radius 2 is 2.36 bits per heavy atom. The summed E-state index contributed by atoms with van der Waals surface area (Å²) >= 11 is 1.82. The fourth-order valence-corrected chi connectivity index (χ4v) is 1.86. The third-order valence-electron chi connectivity index (χ3n) is 1.71. The summed E-state index contributed by atoms with van der Waals surface area (Å²) in [5, 5.41) is 0. The molecule has 1 atom stereocenters. The average Bonchev–Trinajstić information content (AvgIpc) is 2.50. The zero-order valence-corrected chi connectivity index (χ0v) is 7.74. The maximum atomic E-state index is 5.31. The molecule has 1 heterocycles. The number of hydrogen-bond donors (Lipinski definition) is 2. The number of thiophene rings is 1. The van der Waals surface area contributed by atoms with E-state index < -0.39 is 0 Å². The molecule has 0 saturated carbocycles. The Morgan fingerprint density at radius 3 is 2.82 bits per heavy atom. The zero-order chi connectivity index (χ0) is 8.27. The van der Waals surface area contributed by atoms with Crippen molar-refractivity contribution in [2.45, 2.75) is 26.3 Å². The predicted octanol–water partition coefficient (Wildman–Crippen LogP) is 1.83. The summed E-state index contributed by atoms with van der Waals surface area (Å²) in [7, 11) is 0. The van der Waals surface area contributed by atoms with Gasteiger partial charge in [0.2, 0.25) is 0 Å². The van der Waals surface area contributed by atoms with Gasteiger partial charge in [0.15, 0.2) is 0 Å². The molecule has 1 unspecified atom stereocenters. The molecule has 0 bridgehead atoms. The van der Waals surface area contributed by atoms with E-state index >= 15 is 0 Å². The number of aryl methyl sites for hydroxylation is 1. The Bertz CT molecular complexity index is 220. The third kappa shape index (κ3) is 2.02. The van der Waals surface area contributed by atoms with Crippen LogP contribution in [0.1, 0.15) is 29.6 Å². The summed E-state index contributed by atoms with van der Waals surface area (Å²) in [6.07, 6.45) is 1.11. The lowest BCUT2D eigenvalue weighted by Gasteiger charge is -2.05. The van der Waals surface area contributed by atoms with Crippen LogP contribution in [0.2, 0.25) is 0 Å². The van der Waals surface area contributed by atoms with Crippen LogP contribution in [0, 0.1) is 0 Å². The summed E-state index contributed by atoms with van der Waals surface area (Å²) in [6, 6.07) is 4.57. The highest BCUT2D eigenvalue weighted by Gasteiger charge is 2.04. The summed E-state index contributed by atoms with van der Waals surface area (Å²) < 4.78 is 0. The lowest BCUT2D eigenvalue weighted by Crippen LogP contribution is -2.24. The van der Waals surface area contributed by atoms with Gasteiger partial charge < -0.3 is 0 Å². The van der Waals surface area contributed by atoms with Gasteiger partial charge in [-0.1, -0.05) is 6.92 Å². The second-order valence-electron chi connectivity index (χ2n) is 2.55. The van der Waals surface area contributed by atoms with Crippen molar-refractivity contribution in [2.24, 2.45) is 5.84 Å². The van der Waals surface area contributed by atoms with Crippen molar-refractivity contribution in [2.75, 3.05) is 0 Å². The van der Waals surface area contributed by atoms with E-state index in [1.54, 1.807) is 0 Å². The van der Waals surface area contributed by atoms with Crippen molar-refractivity contribution in [3.05, 3.63) is 21.9 Å². The van der Waals surface area contributed by atoms with Gasteiger partial charge >= 0.3 is 0 Å². The Labute approximate surface area is 71.4 Å². The van der Waals surface area contributed by atoms with Gasteiger partial charge in [-0.05, 0) is 25.5 Å². The first-order valence-corrected chi connectivity index (χ1v) is 4.64. The molecule has 0 saturated heterocycles. The molecule has 1 aromatic heterocycles. The summed E-state index contributed by atoms with van der Waals surface area (Å²) in [5.41, 5.74) is 2.73. The van der Waals surface area contributed by atoms with Gasteiger partial charge in [0.05, 0.1) is 6.04 Å². The number of hydrogen-bond acceptors (Lipinski definition) is 3. The van der Waals surface area contributed by atoms with E-state index in [0.29, 0.717) is 0 Å². The van der Waals surface area contributed by atoms with E-state index in [1.165, 1.54) is 9.75 Å². The Morgan fingerprint density at radius 1 is 1.64 bits per heavy atom.